The van der Waals surface area contributed by atoms with Crippen molar-refractivity contribution in [2.24, 2.45) is 11.7 Å². The fourth-order valence-corrected chi connectivity index (χ4v) is 3.83. The van der Waals surface area contributed by atoms with Crippen LogP contribution in [-0.4, -0.2) is 26.5 Å². The predicted octanol–water partition coefficient (Wildman–Crippen LogP) is 1.68. The number of nitrogens with one attached hydrogen (secondary N) is 1. The second-order valence-corrected chi connectivity index (χ2v) is 7.01. The molecule has 1 heterocycles. The molecule has 1 amide bonds. The van der Waals surface area contributed by atoms with Gasteiger partial charge in [-0.05, 0) is 38.8 Å². The van der Waals surface area contributed by atoms with Gasteiger partial charge in [-0.3, -0.25) is 4.79 Å². The van der Waals surface area contributed by atoms with Gasteiger partial charge in [0.15, 0.2) is 0 Å². The molecule has 0 aromatic heterocycles. The summed E-state index contributed by atoms with van der Waals surface area (Å²) in [6, 6.07) is 8.83. The van der Waals surface area contributed by atoms with Crippen LogP contribution in [-0.2, 0) is 16.1 Å². The van der Waals surface area contributed by atoms with Crippen LogP contribution < -0.4 is 15.2 Å². The van der Waals surface area contributed by atoms with E-state index >= 15 is 0 Å². The van der Waals surface area contributed by atoms with Crippen LogP contribution in [0.25, 0.3) is 0 Å². The minimum atomic E-state index is -1.83. The monoisotopic (exact) mass is 337 g/mol. The first-order valence-electron chi connectivity index (χ1n) is 7.51. The van der Waals surface area contributed by atoms with E-state index in [-0.39, 0.29) is 11.8 Å². The zero-order chi connectivity index (χ0) is 17.0. The molecule has 1 unspecified atom stereocenters. The van der Waals surface area contributed by atoms with Crippen molar-refractivity contribution in [1.82, 2.24) is 9.62 Å². The van der Waals surface area contributed by atoms with Gasteiger partial charge in [0.05, 0.1) is 17.3 Å². The van der Waals surface area contributed by atoms with Gasteiger partial charge in [-0.2, -0.15) is 4.21 Å². The molecule has 1 saturated heterocycles. The average Bonchev–Trinajstić information content (AvgIpc) is 2.47. The molecule has 1 aromatic rings. The number of rotatable bonds is 8. The summed E-state index contributed by atoms with van der Waals surface area (Å²) in [5, 5.41) is 2.93. The highest BCUT2D eigenvalue weighted by Crippen LogP contribution is 2.41. The van der Waals surface area contributed by atoms with Crippen LogP contribution in [0.15, 0.2) is 42.7 Å². The molecule has 126 valence electrons. The highest BCUT2D eigenvalue weighted by molar-refractivity contribution is 7.78. The molecule has 0 saturated carbocycles. The van der Waals surface area contributed by atoms with Crippen molar-refractivity contribution >= 4 is 17.2 Å². The van der Waals surface area contributed by atoms with Crippen LogP contribution in [0.5, 0.6) is 5.75 Å². The van der Waals surface area contributed by atoms with Crippen LogP contribution in [0, 0.1) is 5.92 Å². The number of amides is 1. The van der Waals surface area contributed by atoms with E-state index < -0.39 is 16.8 Å². The largest absolute Gasteiger partial charge is 0.386 e. The van der Waals surface area contributed by atoms with Crippen LogP contribution in [0.3, 0.4) is 0 Å². The quantitative estimate of drug-likeness (QED) is 0.557. The first-order valence-corrected chi connectivity index (χ1v) is 8.55. The van der Waals surface area contributed by atoms with Gasteiger partial charge in [0.2, 0.25) is 5.91 Å². The first kappa shape index (κ1) is 17.3. The number of β-lactam (4-membered cyclic amide) rings is 1. The molecule has 0 aliphatic carbocycles. The maximum atomic E-state index is 12.3. The standard InChI is InChI=1S/C16H23N3O3S/c1-12(17)18-11-7-10-14-15(20)19(16(14,2)3)23(21)22-13-8-5-4-6-9-13/h4-6,8-9,14,18H,1,7,10-11,17H2,2-3H3/t14-,23?/m0/s1. The van der Waals surface area contributed by atoms with Crippen molar-refractivity contribution in [1.29, 1.82) is 0 Å². The number of carbonyl (C=O) groups is 1. The lowest BCUT2D eigenvalue weighted by atomic mass is 9.76. The maximum Gasteiger partial charge on any atom is 0.321 e. The Kier molecular flexibility index (Phi) is 5.30. The number of nitrogens with two attached hydrogens (primary N) is 1. The molecule has 7 heteroatoms. The lowest BCUT2D eigenvalue weighted by Crippen LogP contribution is -2.68. The number of carbonyl (C=O) groups excluding carboxylic acids is 1. The number of nitrogens with zero attached hydrogens (tertiary/aromatic N) is 1. The minimum Gasteiger partial charge on any atom is -0.386 e. The molecule has 2 rings (SSSR count). The molecular weight excluding hydrogens is 314 g/mol. The molecule has 3 N–H and O–H groups in total. The summed E-state index contributed by atoms with van der Waals surface area (Å²) in [6.07, 6.45) is 1.49. The molecule has 1 aliphatic rings. The van der Waals surface area contributed by atoms with Gasteiger partial charge in [-0.15, -0.1) is 0 Å². The van der Waals surface area contributed by atoms with Crippen LogP contribution >= 0.6 is 0 Å². The van der Waals surface area contributed by atoms with Crippen molar-refractivity contribution in [3.05, 3.63) is 42.7 Å². The third-order valence-electron chi connectivity index (χ3n) is 3.96. The Labute approximate surface area is 139 Å². The molecule has 0 radical (unpaired) electrons. The summed E-state index contributed by atoms with van der Waals surface area (Å²) in [5.74, 6) is 0.584. The third-order valence-corrected chi connectivity index (χ3v) is 5.24. The Morgan fingerprint density at radius 3 is 2.65 bits per heavy atom. The summed E-state index contributed by atoms with van der Waals surface area (Å²) < 4.78 is 19.0. The molecule has 1 fully saturated rings. The Balaban J connectivity index is 1.91. The molecule has 2 atom stereocenters. The van der Waals surface area contributed by atoms with Crippen molar-refractivity contribution < 1.29 is 13.2 Å². The van der Waals surface area contributed by atoms with E-state index in [1.54, 1.807) is 24.3 Å². The average molecular weight is 337 g/mol. The van der Waals surface area contributed by atoms with E-state index in [0.29, 0.717) is 24.5 Å². The van der Waals surface area contributed by atoms with E-state index in [0.717, 1.165) is 6.42 Å². The van der Waals surface area contributed by atoms with Gasteiger partial charge in [0, 0.05) is 6.54 Å². The van der Waals surface area contributed by atoms with E-state index in [1.807, 2.05) is 19.9 Å². The Hall–Kier alpha value is -2.02. The lowest BCUT2D eigenvalue weighted by Gasteiger charge is -2.51. The van der Waals surface area contributed by atoms with Crippen molar-refractivity contribution in [3.8, 4) is 5.75 Å². The minimum absolute atomic E-state index is 0.143. The van der Waals surface area contributed by atoms with E-state index in [2.05, 4.69) is 11.9 Å². The first-order chi connectivity index (χ1) is 10.8. The summed E-state index contributed by atoms with van der Waals surface area (Å²) >= 11 is -1.83. The smallest absolute Gasteiger partial charge is 0.321 e. The summed E-state index contributed by atoms with van der Waals surface area (Å²) in [6.45, 7) is 8.03. The van der Waals surface area contributed by atoms with Gasteiger partial charge in [-0.25, -0.2) is 4.31 Å². The zero-order valence-electron chi connectivity index (χ0n) is 13.5. The topological polar surface area (TPSA) is 84.7 Å². The molecule has 6 nitrogen and oxygen atoms in total. The molecule has 1 aromatic carbocycles. The van der Waals surface area contributed by atoms with E-state index in [9.17, 15) is 9.00 Å². The molecular formula is C16H23N3O3S. The highest BCUT2D eigenvalue weighted by atomic mass is 32.2. The van der Waals surface area contributed by atoms with Gasteiger partial charge >= 0.3 is 11.3 Å². The van der Waals surface area contributed by atoms with Gasteiger partial charge in [-0.1, -0.05) is 24.8 Å². The van der Waals surface area contributed by atoms with Gasteiger partial charge in [0.25, 0.3) is 0 Å². The molecule has 1 aliphatic heterocycles. The predicted molar refractivity (Wildman–Crippen MR) is 90.2 cm³/mol. The lowest BCUT2D eigenvalue weighted by molar-refractivity contribution is -0.154. The fourth-order valence-electron chi connectivity index (χ4n) is 2.70. The number of hydrogen-bond donors (Lipinski definition) is 2. The molecule has 0 spiro atoms. The zero-order valence-corrected chi connectivity index (χ0v) is 14.3. The summed E-state index contributed by atoms with van der Waals surface area (Å²) in [5.41, 5.74) is 4.93. The summed E-state index contributed by atoms with van der Waals surface area (Å²) in [7, 11) is 0. The maximum absolute atomic E-state index is 12.3. The van der Waals surface area contributed by atoms with Crippen molar-refractivity contribution in [3.63, 3.8) is 0 Å². The van der Waals surface area contributed by atoms with Crippen LogP contribution in [0.2, 0.25) is 0 Å². The fraction of sp³-hybridized carbons (Fsp3) is 0.438. The highest BCUT2D eigenvalue weighted by Gasteiger charge is 2.57. The van der Waals surface area contributed by atoms with Crippen molar-refractivity contribution in [2.45, 2.75) is 32.2 Å². The SMILES string of the molecule is C=C(N)NCCC[C@H]1C(=O)N(S(=O)Oc2ccccc2)C1(C)C. The molecule has 23 heavy (non-hydrogen) atoms. The third kappa shape index (κ3) is 3.85. The van der Waals surface area contributed by atoms with E-state index in [4.69, 9.17) is 9.92 Å². The number of hydrogen-bond acceptors (Lipinski definition) is 5. The van der Waals surface area contributed by atoms with Gasteiger partial charge < -0.3 is 15.2 Å². The number of para-hydroxylation sites is 1. The Morgan fingerprint density at radius 1 is 1.43 bits per heavy atom. The summed E-state index contributed by atoms with van der Waals surface area (Å²) in [4.78, 5) is 12.3. The van der Waals surface area contributed by atoms with Crippen LogP contribution in [0.1, 0.15) is 26.7 Å². The Morgan fingerprint density at radius 2 is 2.09 bits per heavy atom. The molecule has 0 bridgehead atoms. The normalized spacial score (nSPS) is 20.5. The number of benzene rings is 1. The second kappa shape index (κ2) is 7.04. The Bertz CT molecular complexity index is 604. The second-order valence-electron chi connectivity index (χ2n) is 6.05. The van der Waals surface area contributed by atoms with Gasteiger partial charge in [0.1, 0.15) is 5.75 Å². The van der Waals surface area contributed by atoms with Crippen molar-refractivity contribution in [2.75, 3.05) is 6.54 Å². The van der Waals surface area contributed by atoms with Crippen LogP contribution in [0.4, 0.5) is 0 Å². The van der Waals surface area contributed by atoms with E-state index in [1.165, 1.54) is 4.31 Å².